The summed E-state index contributed by atoms with van der Waals surface area (Å²) in [5.41, 5.74) is 1.61. The van der Waals surface area contributed by atoms with Crippen molar-refractivity contribution < 1.29 is 14.4 Å². The molecule has 5 heteroatoms. The van der Waals surface area contributed by atoms with Crippen LogP contribution in [0.25, 0.3) is 0 Å². The molecule has 1 heterocycles. The summed E-state index contributed by atoms with van der Waals surface area (Å²) in [5, 5.41) is 0. The lowest BCUT2D eigenvalue weighted by Gasteiger charge is -2.14. The number of amides is 2. The second kappa shape index (κ2) is 4.93. The fraction of sp³-hybridized carbons (Fsp3) is 0.0625. The van der Waals surface area contributed by atoms with E-state index in [0.29, 0.717) is 22.4 Å². The Labute approximate surface area is 129 Å². The van der Waals surface area contributed by atoms with Crippen LogP contribution in [0.3, 0.4) is 0 Å². The van der Waals surface area contributed by atoms with Crippen LogP contribution in [0.15, 0.2) is 46.9 Å². The van der Waals surface area contributed by atoms with E-state index in [1.165, 1.54) is 6.92 Å². The number of carbonyl (C=O) groups excluding carboxylic acids is 3. The van der Waals surface area contributed by atoms with Crippen molar-refractivity contribution in [3.63, 3.8) is 0 Å². The molecule has 0 aromatic heterocycles. The van der Waals surface area contributed by atoms with Crippen LogP contribution < -0.4 is 4.90 Å². The predicted molar refractivity (Wildman–Crippen MR) is 81.7 cm³/mol. The first-order chi connectivity index (χ1) is 9.99. The minimum absolute atomic E-state index is 0.115. The molecule has 0 saturated carbocycles. The summed E-state index contributed by atoms with van der Waals surface area (Å²) in [6, 6.07) is 11.5. The third kappa shape index (κ3) is 2.19. The maximum atomic E-state index is 12.4. The number of hydrogen-bond acceptors (Lipinski definition) is 3. The van der Waals surface area contributed by atoms with Gasteiger partial charge in [-0.3, -0.25) is 14.4 Å². The highest BCUT2D eigenvalue weighted by Gasteiger charge is 2.36. The zero-order chi connectivity index (χ0) is 15.1. The van der Waals surface area contributed by atoms with E-state index in [4.69, 9.17) is 0 Å². The highest BCUT2D eigenvalue weighted by atomic mass is 79.9. The third-order valence-corrected chi connectivity index (χ3v) is 3.85. The molecule has 104 valence electrons. The fourth-order valence-electron chi connectivity index (χ4n) is 2.31. The van der Waals surface area contributed by atoms with Crippen molar-refractivity contribution in [3.8, 4) is 0 Å². The average molecular weight is 344 g/mol. The van der Waals surface area contributed by atoms with E-state index in [2.05, 4.69) is 15.9 Å². The molecule has 21 heavy (non-hydrogen) atoms. The number of ketones is 1. The zero-order valence-corrected chi connectivity index (χ0v) is 12.7. The summed E-state index contributed by atoms with van der Waals surface area (Å²) in [6.45, 7) is 1.44. The third-order valence-electron chi connectivity index (χ3n) is 3.36. The number of fused-ring (bicyclic) bond motifs is 1. The Morgan fingerprint density at radius 1 is 1.00 bits per heavy atom. The van der Waals surface area contributed by atoms with Crippen molar-refractivity contribution in [2.24, 2.45) is 0 Å². The van der Waals surface area contributed by atoms with Gasteiger partial charge in [0.15, 0.2) is 5.78 Å². The first kappa shape index (κ1) is 13.7. The van der Waals surface area contributed by atoms with Gasteiger partial charge in [-0.25, -0.2) is 4.90 Å². The number of halogens is 1. The second-order valence-electron chi connectivity index (χ2n) is 4.74. The van der Waals surface area contributed by atoms with Gasteiger partial charge in [-0.15, -0.1) is 0 Å². The topological polar surface area (TPSA) is 54.5 Å². The molecular weight excluding hydrogens is 334 g/mol. The van der Waals surface area contributed by atoms with Gasteiger partial charge in [0.1, 0.15) is 0 Å². The molecule has 3 rings (SSSR count). The number of rotatable bonds is 2. The summed E-state index contributed by atoms with van der Waals surface area (Å²) in [6.07, 6.45) is 0. The summed E-state index contributed by atoms with van der Waals surface area (Å²) in [7, 11) is 0. The lowest BCUT2D eigenvalue weighted by Crippen LogP contribution is -2.29. The maximum Gasteiger partial charge on any atom is 0.266 e. The van der Waals surface area contributed by atoms with Crippen LogP contribution in [0.5, 0.6) is 0 Å². The van der Waals surface area contributed by atoms with Gasteiger partial charge in [0.2, 0.25) is 0 Å². The standard InChI is InChI=1S/C16H10BrNO3/c1-9(19)10-3-2-4-12(7-10)18-15(20)13-6-5-11(17)8-14(13)16(18)21/h2-8H,1H3. The lowest BCUT2D eigenvalue weighted by molar-refractivity contribution is 0.0923. The molecule has 0 atom stereocenters. The molecule has 1 aliphatic heterocycles. The smallest absolute Gasteiger partial charge is 0.266 e. The Morgan fingerprint density at radius 2 is 1.71 bits per heavy atom. The number of Topliss-reactive ketones (excluding diaryl/α,β-unsaturated/α-hetero) is 1. The molecule has 0 bridgehead atoms. The Kier molecular flexibility index (Phi) is 3.22. The van der Waals surface area contributed by atoms with Crippen LogP contribution in [0.1, 0.15) is 38.0 Å². The molecule has 1 aliphatic rings. The van der Waals surface area contributed by atoms with Gasteiger partial charge in [-0.1, -0.05) is 28.1 Å². The number of carbonyl (C=O) groups is 3. The van der Waals surface area contributed by atoms with Crippen LogP contribution in [0.2, 0.25) is 0 Å². The quantitative estimate of drug-likeness (QED) is 0.619. The van der Waals surface area contributed by atoms with E-state index in [1.54, 1.807) is 42.5 Å². The van der Waals surface area contributed by atoms with Crippen molar-refractivity contribution in [1.82, 2.24) is 0 Å². The molecule has 2 aromatic carbocycles. The molecule has 0 radical (unpaired) electrons. The molecule has 0 N–H and O–H groups in total. The normalized spacial score (nSPS) is 13.5. The maximum absolute atomic E-state index is 12.4. The molecule has 2 aromatic rings. The predicted octanol–water partition coefficient (Wildman–Crippen LogP) is 3.45. The molecular formula is C16H10BrNO3. The molecule has 4 nitrogen and oxygen atoms in total. The van der Waals surface area contributed by atoms with Crippen molar-refractivity contribution in [2.75, 3.05) is 4.90 Å². The van der Waals surface area contributed by atoms with Gasteiger partial charge in [-0.2, -0.15) is 0 Å². The fourth-order valence-corrected chi connectivity index (χ4v) is 2.67. The SMILES string of the molecule is CC(=O)c1cccc(N2C(=O)c3ccc(Br)cc3C2=O)c1. The van der Waals surface area contributed by atoms with Gasteiger partial charge in [0.05, 0.1) is 16.8 Å². The van der Waals surface area contributed by atoms with E-state index < -0.39 is 0 Å². The van der Waals surface area contributed by atoms with Gasteiger partial charge in [0.25, 0.3) is 11.8 Å². The van der Waals surface area contributed by atoms with E-state index >= 15 is 0 Å². The van der Waals surface area contributed by atoms with E-state index in [1.807, 2.05) is 0 Å². The minimum atomic E-state index is -0.378. The molecule has 0 spiro atoms. The van der Waals surface area contributed by atoms with Crippen molar-refractivity contribution in [1.29, 1.82) is 0 Å². The summed E-state index contributed by atoms with van der Waals surface area (Å²) < 4.78 is 0.738. The molecule has 0 aliphatic carbocycles. The number of imide groups is 1. The molecule has 2 amide bonds. The number of hydrogen-bond donors (Lipinski definition) is 0. The molecule has 0 saturated heterocycles. The van der Waals surface area contributed by atoms with Gasteiger partial charge in [-0.05, 0) is 37.3 Å². The highest BCUT2D eigenvalue weighted by molar-refractivity contribution is 9.10. The monoisotopic (exact) mass is 343 g/mol. The van der Waals surface area contributed by atoms with Crippen LogP contribution >= 0.6 is 15.9 Å². The highest BCUT2D eigenvalue weighted by Crippen LogP contribution is 2.30. The van der Waals surface area contributed by atoms with Gasteiger partial charge < -0.3 is 0 Å². The van der Waals surface area contributed by atoms with Crippen LogP contribution in [0, 0.1) is 0 Å². The molecule has 0 unspecified atom stereocenters. The van der Waals surface area contributed by atoms with Crippen LogP contribution in [0.4, 0.5) is 5.69 Å². The van der Waals surface area contributed by atoms with Crippen molar-refractivity contribution >= 4 is 39.2 Å². The van der Waals surface area contributed by atoms with E-state index in [0.717, 1.165) is 9.37 Å². The molecule has 0 fully saturated rings. The lowest BCUT2D eigenvalue weighted by atomic mass is 10.1. The Bertz CT molecular complexity index is 798. The first-order valence-corrected chi connectivity index (χ1v) is 7.07. The Balaban J connectivity index is 2.10. The summed E-state index contributed by atoms with van der Waals surface area (Å²) >= 11 is 3.29. The Hall–Kier alpha value is -2.27. The second-order valence-corrected chi connectivity index (χ2v) is 5.66. The number of nitrogens with zero attached hydrogens (tertiary/aromatic N) is 1. The first-order valence-electron chi connectivity index (χ1n) is 6.28. The van der Waals surface area contributed by atoms with Crippen molar-refractivity contribution in [3.05, 3.63) is 63.6 Å². The van der Waals surface area contributed by atoms with Gasteiger partial charge in [0, 0.05) is 10.0 Å². The zero-order valence-electron chi connectivity index (χ0n) is 11.1. The van der Waals surface area contributed by atoms with E-state index in [9.17, 15) is 14.4 Å². The van der Waals surface area contributed by atoms with E-state index in [-0.39, 0.29) is 17.6 Å². The van der Waals surface area contributed by atoms with Crippen molar-refractivity contribution in [2.45, 2.75) is 6.92 Å². The summed E-state index contributed by atoms with van der Waals surface area (Å²) in [5.74, 6) is -0.864. The van der Waals surface area contributed by atoms with Crippen LogP contribution in [-0.4, -0.2) is 17.6 Å². The summed E-state index contributed by atoms with van der Waals surface area (Å²) in [4.78, 5) is 37.4. The average Bonchev–Trinajstić information content (AvgIpc) is 2.70. The van der Waals surface area contributed by atoms with Crippen LogP contribution in [-0.2, 0) is 0 Å². The largest absolute Gasteiger partial charge is 0.295 e. The Morgan fingerprint density at radius 3 is 2.43 bits per heavy atom. The van der Waals surface area contributed by atoms with Gasteiger partial charge >= 0.3 is 0 Å². The minimum Gasteiger partial charge on any atom is -0.295 e. The number of anilines is 1. The number of benzene rings is 2.